The third-order valence-corrected chi connectivity index (χ3v) is 9.48. The molecule has 2 bridgehead atoms. The van der Waals surface area contributed by atoms with Crippen LogP contribution in [-0.4, -0.2) is 84.3 Å². The van der Waals surface area contributed by atoms with Crippen molar-refractivity contribution in [2.45, 2.75) is 114 Å². The molecule has 2 fully saturated rings. The number of aliphatic imine (C=N–C) groups is 1. The number of ether oxygens (including phenoxy) is 1. The summed E-state index contributed by atoms with van der Waals surface area (Å²) >= 11 is 0. The fourth-order valence-electron chi connectivity index (χ4n) is 6.90. The Bertz CT molecular complexity index is 1310. The number of carbonyl (C=O) groups excluding carboxylic acids is 5. The van der Waals surface area contributed by atoms with Gasteiger partial charge in [-0.2, -0.15) is 0 Å². The predicted octanol–water partition coefficient (Wildman–Crippen LogP) is 0.747. The topological polar surface area (TPSA) is 224 Å². The van der Waals surface area contributed by atoms with Crippen molar-refractivity contribution >= 4 is 35.5 Å². The zero-order valence-electron chi connectivity index (χ0n) is 27.8. The fraction of sp³-hybridized carbons (Fsp3) is 0.647. The second-order valence-electron chi connectivity index (χ2n) is 13.1. The molecule has 2 aliphatic heterocycles. The molecule has 4 unspecified atom stereocenters. The van der Waals surface area contributed by atoms with Crippen LogP contribution >= 0.6 is 0 Å². The lowest BCUT2D eigenvalue weighted by atomic mass is 9.83. The highest BCUT2D eigenvalue weighted by atomic mass is 16.5. The zero-order chi connectivity index (χ0) is 34.5. The molecule has 9 N–H and O–H groups in total. The minimum atomic E-state index is -0.994. The summed E-state index contributed by atoms with van der Waals surface area (Å²) in [6, 6.07) is 4.13. The first-order chi connectivity index (χ1) is 23.1. The number of benzene rings is 1. The maximum Gasteiger partial charge on any atom is 0.243 e. The van der Waals surface area contributed by atoms with E-state index in [0.717, 1.165) is 37.7 Å². The number of hydrogen-bond acceptors (Lipinski definition) is 7. The zero-order valence-corrected chi connectivity index (χ0v) is 27.8. The van der Waals surface area contributed by atoms with E-state index in [0.29, 0.717) is 57.4 Å². The van der Waals surface area contributed by atoms with Crippen LogP contribution in [0.3, 0.4) is 0 Å². The third-order valence-electron chi connectivity index (χ3n) is 9.48. The van der Waals surface area contributed by atoms with Gasteiger partial charge in [-0.25, -0.2) is 0 Å². The van der Waals surface area contributed by atoms with E-state index in [1.54, 1.807) is 4.90 Å². The molecule has 1 aromatic carbocycles. The smallest absolute Gasteiger partial charge is 0.243 e. The normalized spacial score (nSPS) is 24.0. The van der Waals surface area contributed by atoms with E-state index >= 15 is 0 Å². The van der Waals surface area contributed by atoms with Crippen LogP contribution in [0.4, 0.5) is 0 Å². The van der Waals surface area contributed by atoms with Gasteiger partial charge in [-0.3, -0.25) is 29.0 Å². The maximum absolute atomic E-state index is 14.1. The highest BCUT2D eigenvalue weighted by molar-refractivity contribution is 5.95. The van der Waals surface area contributed by atoms with Gasteiger partial charge >= 0.3 is 0 Å². The number of rotatable bonds is 8. The van der Waals surface area contributed by atoms with Crippen molar-refractivity contribution in [2.75, 3.05) is 19.7 Å². The van der Waals surface area contributed by atoms with Crippen molar-refractivity contribution in [1.29, 1.82) is 0 Å². The van der Waals surface area contributed by atoms with Gasteiger partial charge in [-0.1, -0.05) is 31.4 Å². The van der Waals surface area contributed by atoms with Gasteiger partial charge in [-0.15, -0.1) is 0 Å². The van der Waals surface area contributed by atoms with Gasteiger partial charge in [-0.05, 0) is 87.8 Å². The molecule has 14 nitrogen and oxygen atoms in total. The Balaban J connectivity index is 1.58. The number of nitrogens with two attached hydrogens (primary N) is 3. The molecule has 14 heteroatoms. The average Bonchev–Trinajstić information content (AvgIpc) is 3.57. The van der Waals surface area contributed by atoms with Crippen LogP contribution < -0.4 is 37.9 Å². The van der Waals surface area contributed by atoms with E-state index < -0.39 is 41.9 Å². The first-order valence-electron chi connectivity index (χ1n) is 17.4. The van der Waals surface area contributed by atoms with Crippen LogP contribution in [-0.2, 0) is 30.4 Å². The minimum absolute atomic E-state index is 0.0749. The Morgan fingerprint density at radius 1 is 0.938 bits per heavy atom. The number of aryl methyl sites for hydroxylation is 1. The van der Waals surface area contributed by atoms with Gasteiger partial charge in [0.25, 0.3) is 0 Å². The van der Waals surface area contributed by atoms with Crippen molar-refractivity contribution < 1.29 is 28.7 Å². The van der Waals surface area contributed by atoms with Crippen molar-refractivity contribution in [3.63, 3.8) is 0 Å². The standard InChI is InChI=1S/C34H52N8O6/c35-30(44)25(15-6-18-38-34(36)37)39-31(45)26-14-5-10-22-9-4-13-24(21-22)48-20-8-17-28(43)42-19-7-16-27(42)32(46)41-29(33(47)40-26)23-11-2-1-3-12-23/h4,9,13,21,23,25-27,29H,1-3,5-8,10-12,14-20H2,(H2,35,44)(H,39,45)(H,40,47)(H,41,46)(H4,36,37,38). The average molecular weight is 669 g/mol. The quantitative estimate of drug-likeness (QED) is 0.131. The van der Waals surface area contributed by atoms with Gasteiger partial charge in [0.1, 0.15) is 29.9 Å². The molecule has 0 radical (unpaired) electrons. The van der Waals surface area contributed by atoms with E-state index in [2.05, 4.69) is 20.9 Å². The molecular formula is C34H52N8O6. The number of primary amides is 1. The number of carbonyl (C=O) groups is 5. The van der Waals surface area contributed by atoms with E-state index in [1.807, 2.05) is 24.3 Å². The van der Waals surface area contributed by atoms with Gasteiger partial charge < -0.3 is 42.8 Å². The Labute approximate surface area is 282 Å². The summed E-state index contributed by atoms with van der Waals surface area (Å²) < 4.78 is 5.93. The number of guanidine groups is 1. The predicted molar refractivity (Wildman–Crippen MR) is 180 cm³/mol. The summed E-state index contributed by atoms with van der Waals surface area (Å²) in [6.07, 6.45) is 8.46. The molecule has 1 aromatic rings. The molecule has 3 aliphatic rings. The van der Waals surface area contributed by atoms with Crippen LogP contribution in [0.2, 0.25) is 0 Å². The van der Waals surface area contributed by atoms with Gasteiger partial charge in [0.2, 0.25) is 29.5 Å². The molecule has 2 heterocycles. The Morgan fingerprint density at radius 3 is 2.48 bits per heavy atom. The maximum atomic E-state index is 14.1. The highest BCUT2D eigenvalue weighted by Crippen LogP contribution is 2.28. The van der Waals surface area contributed by atoms with Gasteiger partial charge in [0, 0.05) is 19.5 Å². The second kappa shape index (κ2) is 18.3. The fourth-order valence-corrected chi connectivity index (χ4v) is 6.90. The number of nitrogens with one attached hydrogen (secondary N) is 3. The summed E-state index contributed by atoms with van der Waals surface area (Å²) in [5.41, 5.74) is 17.4. The van der Waals surface area contributed by atoms with E-state index in [-0.39, 0.29) is 49.5 Å². The van der Waals surface area contributed by atoms with Crippen LogP contribution in [0.5, 0.6) is 5.75 Å². The molecule has 1 saturated heterocycles. The van der Waals surface area contributed by atoms with Crippen LogP contribution in [0.1, 0.15) is 89.0 Å². The lowest BCUT2D eigenvalue weighted by molar-refractivity contribution is -0.140. The number of fused-ring (bicyclic) bond motifs is 3. The second-order valence-corrected chi connectivity index (χ2v) is 13.1. The number of amides is 5. The summed E-state index contributed by atoms with van der Waals surface area (Å²) in [4.78, 5) is 72.5. The van der Waals surface area contributed by atoms with Gasteiger partial charge in [0.15, 0.2) is 5.96 Å². The van der Waals surface area contributed by atoms with Crippen LogP contribution in [0.15, 0.2) is 29.3 Å². The SMILES string of the molecule is NC(=O)C(CCCN=C(N)N)NC(=O)C1CCCc2cccc(c2)OCCCC(=O)N2CCCC2C(=O)NC(C2CCCCC2)C(=O)N1. The molecule has 264 valence electrons. The first kappa shape index (κ1) is 36.5. The van der Waals surface area contributed by atoms with Crippen molar-refractivity contribution in [1.82, 2.24) is 20.9 Å². The van der Waals surface area contributed by atoms with Crippen molar-refractivity contribution in [3.05, 3.63) is 29.8 Å². The summed E-state index contributed by atoms with van der Waals surface area (Å²) in [5, 5.41) is 8.65. The minimum Gasteiger partial charge on any atom is -0.494 e. The number of hydrogen-bond donors (Lipinski definition) is 6. The Hall–Kier alpha value is -4.36. The molecule has 0 spiro atoms. The van der Waals surface area contributed by atoms with Crippen LogP contribution in [0, 0.1) is 5.92 Å². The van der Waals surface area contributed by atoms with Crippen LogP contribution in [0.25, 0.3) is 0 Å². The van der Waals surface area contributed by atoms with E-state index in [1.165, 1.54) is 0 Å². The molecule has 1 aliphatic carbocycles. The third kappa shape index (κ3) is 10.8. The van der Waals surface area contributed by atoms with Crippen molar-refractivity contribution in [2.24, 2.45) is 28.1 Å². The summed E-state index contributed by atoms with van der Waals surface area (Å²) in [7, 11) is 0. The van der Waals surface area contributed by atoms with E-state index in [4.69, 9.17) is 21.9 Å². The molecule has 4 rings (SSSR count). The monoisotopic (exact) mass is 668 g/mol. The number of nitrogens with zero attached hydrogens (tertiary/aromatic N) is 2. The Kier molecular flexibility index (Phi) is 13.9. The molecule has 0 aromatic heterocycles. The summed E-state index contributed by atoms with van der Waals surface area (Å²) in [5.74, 6) is -1.68. The lowest BCUT2D eigenvalue weighted by Crippen LogP contribution is -2.59. The largest absolute Gasteiger partial charge is 0.494 e. The summed E-state index contributed by atoms with van der Waals surface area (Å²) in [6.45, 7) is 1.10. The molecule has 5 amide bonds. The molecule has 48 heavy (non-hydrogen) atoms. The van der Waals surface area contributed by atoms with Crippen molar-refractivity contribution in [3.8, 4) is 5.75 Å². The molecule has 4 atom stereocenters. The highest BCUT2D eigenvalue weighted by Gasteiger charge is 2.39. The van der Waals surface area contributed by atoms with Gasteiger partial charge in [0.05, 0.1) is 6.61 Å². The Morgan fingerprint density at radius 2 is 1.73 bits per heavy atom. The molecule has 1 saturated carbocycles. The van der Waals surface area contributed by atoms with E-state index in [9.17, 15) is 24.0 Å². The molecular weight excluding hydrogens is 616 g/mol. The first-order valence-corrected chi connectivity index (χ1v) is 17.4. The lowest BCUT2D eigenvalue weighted by Gasteiger charge is -2.33.